The van der Waals surface area contributed by atoms with Crippen LogP contribution in [0.25, 0.3) is 0 Å². The van der Waals surface area contributed by atoms with Crippen molar-refractivity contribution in [3.05, 3.63) is 0 Å². The van der Waals surface area contributed by atoms with Crippen LogP contribution in [0, 0.1) is 5.41 Å². The zero-order valence-corrected chi connectivity index (χ0v) is 5.46. The number of rotatable bonds is 3. The van der Waals surface area contributed by atoms with E-state index in [9.17, 15) is 4.79 Å². The first-order chi connectivity index (χ1) is 4.33. The summed E-state index contributed by atoms with van der Waals surface area (Å²) in [6, 6.07) is 0. The molecule has 0 heterocycles. The first-order valence-electron chi connectivity index (χ1n) is 2.58. The summed E-state index contributed by atoms with van der Waals surface area (Å²) >= 11 is 0. The summed E-state index contributed by atoms with van der Waals surface area (Å²) < 4.78 is 0. The van der Waals surface area contributed by atoms with E-state index in [-0.39, 0.29) is 0 Å². The van der Waals surface area contributed by atoms with Crippen LogP contribution in [0.3, 0.4) is 0 Å². The van der Waals surface area contributed by atoms with Crippen molar-refractivity contribution < 1.29 is 20.1 Å². The molecule has 0 saturated carbocycles. The van der Waals surface area contributed by atoms with Crippen molar-refractivity contribution in [2.24, 2.45) is 0 Å². The minimum absolute atomic E-state index is 0.567. The van der Waals surface area contributed by atoms with Gasteiger partial charge in [0, 0.05) is 6.42 Å². The van der Waals surface area contributed by atoms with E-state index < -0.39 is 23.9 Å². The smallest absolute Gasteiger partial charge is 0.349 e. The van der Waals surface area contributed by atoms with Crippen molar-refractivity contribution in [2.75, 3.05) is 0 Å². The van der Waals surface area contributed by atoms with E-state index in [1.165, 1.54) is 0 Å². The first kappa shape index (κ1) is 9.06. The highest BCUT2D eigenvalue weighted by molar-refractivity contribution is 6.34. The molecule has 0 amide bonds. The maximum absolute atomic E-state index is 9.93. The normalized spacial score (nSPS) is 11.1. The molecule has 10 heavy (non-hydrogen) atoms. The number of carboxylic acid groups (broad SMARTS) is 1. The summed E-state index contributed by atoms with van der Waals surface area (Å²) in [4.78, 5) is 9.93. The van der Waals surface area contributed by atoms with Crippen molar-refractivity contribution in [3.8, 4) is 0 Å². The fourth-order valence-corrected chi connectivity index (χ4v) is 0.411. The molecule has 0 fully saturated rings. The average Bonchev–Trinajstić information content (AvgIpc) is 1.60. The quantitative estimate of drug-likeness (QED) is 0.309. The lowest BCUT2D eigenvalue weighted by Gasteiger charge is -2.13. The van der Waals surface area contributed by atoms with Gasteiger partial charge >= 0.3 is 5.97 Å². The third kappa shape index (κ3) is 3.99. The molecule has 0 radical (unpaired) electrons. The lowest BCUT2D eigenvalue weighted by atomic mass is 10.1. The van der Waals surface area contributed by atoms with Crippen LogP contribution in [0.5, 0.6) is 0 Å². The van der Waals surface area contributed by atoms with Gasteiger partial charge in [-0.2, -0.15) is 0 Å². The van der Waals surface area contributed by atoms with Gasteiger partial charge in [0.2, 0.25) is 0 Å². The van der Waals surface area contributed by atoms with Gasteiger partial charge in [-0.15, -0.1) is 0 Å². The second-order valence-corrected chi connectivity index (χ2v) is 2.18. The van der Waals surface area contributed by atoms with E-state index >= 15 is 0 Å². The number of hydrogen-bond donors (Lipinski definition) is 4. The second-order valence-electron chi connectivity index (χ2n) is 2.18. The van der Waals surface area contributed by atoms with Gasteiger partial charge in [-0.05, 0) is 6.92 Å². The van der Waals surface area contributed by atoms with E-state index in [0.717, 1.165) is 6.92 Å². The lowest BCUT2D eigenvalue weighted by Crippen LogP contribution is -2.29. The molecule has 0 aromatic carbocycles. The van der Waals surface area contributed by atoms with Crippen LogP contribution in [0.2, 0.25) is 0 Å². The Morgan fingerprint density at radius 3 is 2.10 bits per heavy atom. The SMILES string of the molecule is CC(O)(O)CC(=N)C(=O)O. The van der Waals surface area contributed by atoms with Crippen molar-refractivity contribution in [2.45, 2.75) is 19.1 Å². The molecule has 0 aliphatic rings. The summed E-state index contributed by atoms with van der Waals surface area (Å²) in [5, 5.41) is 32.0. The number of aliphatic carboxylic acids is 1. The van der Waals surface area contributed by atoms with E-state index in [2.05, 4.69) is 0 Å². The topological polar surface area (TPSA) is 102 Å². The number of carbonyl (C=O) groups is 1. The van der Waals surface area contributed by atoms with Crippen molar-refractivity contribution in [1.29, 1.82) is 5.41 Å². The lowest BCUT2D eigenvalue weighted by molar-refractivity contribution is -0.143. The van der Waals surface area contributed by atoms with Gasteiger partial charge in [0.1, 0.15) is 5.71 Å². The van der Waals surface area contributed by atoms with E-state index in [4.69, 9.17) is 20.7 Å². The summed E-state index contributed by atoms with van der Waals surface area (Å²) in [7, 11) is 0. The highest BCUT2D eigenvalue weighted by Gasteiger charge is 2.21. The van der Waals surface area contributed by atoms with Gasteiger partial charge in [-0.3, -0.25) is 5.41 Å². The fourth-order valence-electron chi connectivity index (χ4n) is 0.411. The van der Waals surface area contributed by atoms with Crippen LogP contribution in [0.15, 0.2) is 0 Å². The molecule has 0 unspecified atom stereocenters. The van der Waals surface area contributed by atoms with Crippen LogP contribution in [0.4, 0.5) is 0 Å². The molecule has 0 rings (SSSR count). The van der Waals surface area contributed by atoms with Crippen LogP contribution < -0.4 is 0 Å². The zero-order chi connectivity index (χ0) is 8.36. The molecule has 4 N–H and O–H groups in total. The Labute approximate surface area is 57.4 Å². The third-order valence-corrected chi connectivity index (χ3v) is 0.770. The molecule has 0 aliphatic heterocycles. The highest BCUT2D eigenvalue weighted by Crippen LogP contribution is 2.03. The molecule has 5 nitrogen and oxygen atoms in total. The molecule has 0 aromatic rings. The van der Waals surface area contributed by atoms with Crippen LogP contribution >= 0.6 is 0 Å². The van der Waals surface area contributed by atoms with E-state index in [1.54, 1.807) is 0 Å². The Bertz CT molecular complexity index is 158. The molecule has 58 valence electrons. The van der Waals surface area contributed by atoms with Crippen LogP contribution in [-0.4, -0.2) is 32.8 Å². The van der Waals surface area contributed by atoms with Gasteiger partial charge in [-0.1, -0.05) is 0 Å². The van der Waals surface area contributed by atoms with Crippen molar-refractivity contribution >= 4 is 11.7 Å². The Kier molecular flexibility index (Phi) is 2.50. The van der Waals surface area contributed by atoms with Gasteiger partial charge in [0.15, 0.2) is 5.79 Å². The molecule has 0 bridgehead atoms. The molecule has 0 saturated heterocycles. The minimum atomic E-state index is -2.10. The maximum Gasteiger partial charge on any atom is 0.349 e. The molecule has 0 atom stereocenters. The minimum Gasteiger partial charge on any atom is -0.477 e. The number of carboxylic acids is 1. The fraction of sp³-hybridized carbons (Fsp3) is 0.600. The van der Waals surface area contributed by atoms with Gasteiger partial charge in [-0.25, -0.2) is 4.79 Å². The highest BCUT2D eigenvalue weighted by atomic mass is 16.5. The standard InChI is InChI=1S/C5H9NO4/c1-5(9,10)2-3(6)4(7)8/h6,9-10H,2H2,1H3,(H,7,8). The molecular formula is C5H9NO4. The second kappa shape index (κ2) is 2.76. The zero-order valence-electron chi connectivity index (χ0n) is 5.46. The molecule has 0 spiro atoms. The summed E-state index contributed by atoms with van der Waals surface area (Å²) in [5.74, 6) is -3.54. The average molecular weight is 147 g/mol. The first-order valence-corrected chi connectivity index (χ1v) is 2.58. The summed E-state index contributed by atoms with van der Waals surface area (Å²) in [6.45, 7) is 1.02. The van der Waals surface area contributed by atoms with Gasteiger partial charge in [0.25, 0.3) is 0 Å². The van der Waals surface area contributed by atoms with E-state index in [1.807, 2.05) is 0 Å². The number of aliphatic hydroxyl groups is 2. The molecule has 5 heteroatoms. The predicted octanol–water partition coefficient (Wildman–Crippen LogP) is -0.818. The van der Waals surface area contributed by atoms with Crippen molar-refractivity contribution in [3.63, 3.8) is 0 Å². The van der Waals surface area contributed by atoms with Crippen LogP contribution in [-0.2, 0) is 4.79 Å². The predicted molar refractivity (Wildman–Crippen MR) is 32.8 cm³/mol. The molecular weight excluding hydrogens is 138 g/mol. The Morgan fingerprint density at radius 2 is 2.00 bits per heavy atom. The third-order valence-electron chi connectivity index (χ3n) is 0.770. The largest absolute Gasteiger partial charge is 0.477 e. The van der Waals surface area contributed by atoms with Gasteiger partial charge in [0.05, 0.1) is 0 Å². The molecule has 0 aromatic heterocycles. The summed E-state index contributed by atoms with van der Waals surface area (Å²) in [5.41, 5.74) is -0.715. The maximum atomic E-state index is 9.93. The number of hydrogen-bond acceptors (Lipinski definition) is 4. The Hall–Kier alpha value is -0.940. The number of nitrogens with one attached hydrogen (secondary N) is 1. The van der Waals surface area contributed by atoms with Gasteiger partial charge < -0.3 is 15.3 Å². The Morgan fingerprint density at radius 1 is 1.60 bits per heavy atom. The van der Waals surface area contributed by atoms with Crippen molar-refractivity contribution in [1.82, 2.24) is 0 Å². The Balaban J connectivity index is 3.93. The molecule has 0 aliphatic carbocycles. The summed E-state index contributed by atoms with van der Waals surface area (Å²) in [6.07, 6.45) is -0.567. The monoisotopic (exact) mass is 147 g/mol. The van der Waals surface area contributed by atoms with E-state index in [0.29, 0.717) is 0 Å². The van der Waals surface area contributed by atoms with Crippen LogP contribution in [0.1, 0.15) is 13.3 Å².